The van der Waals surface area contributed by atoms with E-state index in [0.29, 0.717) is 5.22 Å². The van der Waals surface area contributed by atoms with Gasteiger partial charge in [0.2, 0.25) is 0 Å². The summed E-state index contributed by atoms with van der Waals surface area (Å²) >= 11 is 5.79. The standard InChI is InChI=1S/C12H18ClNO2/c1-14-10(11-2-3-12(13)16-11)8-9-4-6-15-7-5-9/h2-3,9-10,14H,4-8H2,1H3. The fourth-order valence-corrected chi connectivity index (χ4v) is 2.36. The molecule has 2 heterocycles. The van der Waals surface area contributed by atoms with Crippen molar-refractivity contribution >= 4 is 11.6 Å². The number of hydrogen-bond donors (Lipinski definition) is 1. The predicted molar refractivity (Wildman–Crippen MR) is 63.7 cm³/mol. The van der Waals surface area contributed by atoms with Crippen molar-refractivity contribution in [1.29, 1.82) is 0 Å². The molecule has 0 saturated carbocycles. The van der Waals surface area contributed by atoms with Crippen molar-refractivity contribution in [2.45, 2.75) is 25.3 Å². The highest BCUT2D eigenvalue weighted by atomic mass is 35.5. The summed E-state index contributed by atoms with van der Waals surface area (Å²) in [6, 6.07) is 4.00. The molecule has 16 heavy (non-hydrogen) atoms. The Labute approximate surface area is 101 Å². The monoisotopic (exact) mass is 243 g/mol. The van der Waals surface area contributed by atoms with Crippen LogP contribution in [0.15, 0.2) is 16.5 Å². The Morgan fingerprint density at radius 2 is 2.19 bits per heavy atom. The lowest BCUT2D eigenvalue weighted by molar-refractivity contribution is 0.0599. The second-order valence-corrected chi connectivity index (χ2v) is 4.65. The first kappa shape index (κ1) is 12.0. The third-order valence-corrected chi connectivity index (χ3v) is 3.40. The van der Waals surface area contributed by atoms with E-state index in [-0.39, 0.29) is 6.04 Å². The van der Waals surface area contributed by atoms with Crippen LogP contribution in [0.5, 0.6) is 0 Å². The minimum absolute atomic E-state index is 0.260. The third-order valence-electron chi connectivity index (χ3n) is 3.20. The summed E-state index contributed by atoms with van der Waals surface area (Å²) in [4.78, 5) is 0. The number of furan rings is 1. The van der Waals surface area contributed by atoms with Gasteiger partial charge in [0.05, 0.1) is 6.04 Å². The zero-order chi connectivity index (χ0) is 11.4. The average Bonchev–Trinajstić information content (AvgIpc) is 2.74. The van der Waals surface area contributed by atoms with Gasteiger partial charge in [-0.3, -0.25) is 0 Å². The molecule has 0 aliphatic carbocycles. The highest BCUT2D eigenvalue weighted by Crippen LogP contribution is 2.29. The normalized spacial score (nSPS) is 19.9. The van der Waals surface area contributed by atoms with Crippen LogP contribution < -0.4 is 5.32 Å². The Balaban J connectivity index is 1.94. The Morgan fingerprint density at radius 3 is 2.75 bits per heavy atom. The van der Waals surface area contributed by atoms with Crippen molar-refractivity contribution in [3.8, 4) is 0 Å². The first-order valence-corrected chi connectivity index (χ1v) is 6.17. The minimum Gasteiger partial charge on any atom is -0.448 e. The van der Waals surface area contributed by atoms with Crippen LogP contribution in [0.2, 0.25) is 5.22 Å². The van der Waals surface area contributed by atoms with E-state index in [2.05, 4.69) is 5.32 Å². The van der Waals surface area contributed by atoms with Crippen LogP contribution in [-0.4, -0.2) is 20.3 Å². The molecule has 0 radical (unpaired) electrons. The molecule has 0 amide bonds. The van der Waals surface area contributed by atoms with Gasteiger partial charge in [-0.25, -0.2) is 0 Å². The maximum atomic E-state index is 5.79. The first-order valence-electron chi connectivity index (χ1n) is 5.80. The van der Waals surface area contributed by atoms with Gasteiger partial charge in [-0.2, -0.15) is 0 Å². The van der Waals surface area contributed by atoms with Gasteiger partial charge in [0.25, 0.3) is 0 Å². The molecule has 2 rings (SSSR count). The summed E-state index contributed by atoms with van der Waals surface area (Å²) in [7, 11) is 1.96. The average molecular weight is 244 g/mol. The summed E-state index contributed by atoms with van der Waals surface area (Å²) < 4.78 is 10.8. The Hall–Kier alpha value is -0.510. The van der Waals surface area contributed by atoms with E-state index in [1.54, 1.807) is 6.07 Å². The van der Waals surface area contributed by atoms with Crippen LogP contribution >= 0.6 is 11.6 Å². The number of ether oxygens (including phenoxy) is 1. The van der Waals surface area contributed by atoms with Crippen LogP contribution in [0.4, 0.5) is 0 Å². The SMILES string of the molecule is CNC(CC1CCOCC1)c1ccc(Cl)o1. The van der Waals surface area contributed by atoms with Crippen molar-refractivity contribution in [2.24, 2.45) is 5.92 Å². The van der Waals surface area contributed by atoms with E-state index in [1.165, 1.54) is 0 Å². The van der Waals surface area contributed by atoms with Crippen LogP contribution in [0.1, 0.15) is 31.1 Å². The second-order valence-electron chi connectivity index (χ2n) is 4.27. The van der Waals surface area contributed by atoms with Gasteiger partial charge in [-0.1, -0.05) is 0 Å². The van der Waals surface area contributed by atoms with E-state index in [4.69, 9.17) is 20.8 Å². The fraction of sp³-hybridized carbons (Fsp3) is 0.667. The summed E-state index contributed by atoms with van der Waals surface area (Å²) in [5.41, 5.74) is 0. The lowest BCUT2D eigenvalue weighted by Crippen LogP contribution is -2.23. The Bertz CT molecular complexity index is 321. The van der Waals surface area contributed by atoms with E-state index in [9.17, 15) is 0 Å². The number of halogens is 1. The molecule has 1 aromatic rings. The molecule has 0 aromatic carbocycles. The number of hydrogen-bond acceptors (Lipinski definition) is 3. The van der Waals surface area contributed by atoms with Crippen LogP contribution in [0.3, 0.4) is 0 Å². The van der Waals surface area contributed by atoms with Gasteiger partial charge in [0, 0.05) is 13.2 Å². The lowest BCUT2D eigenvalue weighted by Gasteiger charge is -2.25. The summed E-state index contributed by atoms with van der Waals surface area (Å²) in [6.07, 6.45) is 3.38. The zero-order valence-corrected chi connectivity index (χ0v) is 10.3. The van der Waals surface area contributed by atoms with Crippen LogP contribution in [0, 0.1) is 5.92 Å². The number of rotatable bonds is 4. The molecule has 1 aliphatic rings. The molecule has 90 valence electrons. The van der Waals surface area contributed by atoms with Crippen molar-refractivity contribution < 1.29 is 9.15 Å². The highest BCUT2D eigenvalue weighted by molar-refractivity contribution is 6.28. The molecule has 1 aliphatic heterocycles. The quantitative estimate of drug-likeness (QED) is 0.883. The molecule has 1 atom stereocenters. The molecule has 4 heteroatoms. The van der Waals surface area contributed by atoms with E-state index >= 15 is 0 Å². The molecular formula is C12H18ClNO2. The van der Waals surface area contributed by atoms with Gasteiger partial charge in [-0.15, -0.1) is 0 Å². The molecular weight excluding hydrogens is 226 g/mol. The minimum atomic E-state index is 0.260. The van der Waals surface area contributed by atoms with Gasteiger partial charge in [-0.05, 0) is 56.0 Å². The molecule has 0 bridgehead atoms. The van der Waals surface area contributed by atoms with Gasteiger partial charge in [0.15, 0.2) is 5.22 Å². The maximum Gasteiger partial charge on any atom is 0.193 e. The molecule has 1 aromatic heterocycles. The third kappa shape index (κ3) is 3.00. The number of nitrogens with one attached hydrogen (secondary N) is 1. The largest absolute Gasteiger partial charge is 0.448 e. The Morgan fingerprint density at radius 1 is 1.44 bits per heavy atom. The van der Waals surface area contributed by atoms with E-state index < -0.39 is 0 Å². The second kappa shape index (κ2) is 5.71. The maximum absolute atomic E-state index is 5.79. The van der Waals surface area contributed by atoms with Gasteiger partial charge < -0.3 is 14.5 Å². The smallest absolute Gasteiger partial charge is 0.193 e. The fourth-order valence-electron chi connectivity index (χ4n) is 2.21. The highest BCUT2D eigenvalue weighted by Gasteiger charge is 2.21. The topological polar surface area (TPSA) is 34.4 Å². The molecule has 3 nitrogen and oxygen atoms in total. The van der Waals surface area contributed by atoms with E-state index in [0.717, 1.165) is 44.2 Å². The lowest BCUT2D eigenvalue weighted by atomic mass is 9.92. The van der Waals surface area contributed by atoms with Gasteiger partial charge in [0.1, 0.15) is 5.76 Å². The predicted octanol–water partition coefficient (Wildman–Crippen LogP) is 3.01. The van der Waals surface area contributed by atoms with Crippen LogP contribution in [0.25, 0.3) is 0 Å². The summed E-state index contributed by atoms with van der Waals surface area (Å²) in [6.45, 7) is 1.78. The van der Waals surface area contributed by atoms with Crippen molar-refractivity contribution in [1.82, 2.24) is 5.32 Å². The van der Waals surface area contributed by atoms with Gasteiger partial charge >= 0.3 is 0 Å². The van der Waals surface area contributed by atoms with Crippen LogP contribution in [-0.2, 0) is 4.74 Å². The van der Waals surface area contributed by atoms with Crippen molar-refractivity contribution in [3.63, 3.8) is 0 Å². The molecule has 0 spiro atoms. The molecule has 1 saturated heterocycles. The Kier molecular flexibility index (Phi) is 4.27. The summed E-state index contributed by atoms with van der Waals surface area (Å²) in [5, 5.41) is 3.75. The van der Waals surface area contributed by atoms with Crippen molar-refractivity contribution in [3.05, 3.63) is 23.1 Å². The summed E-state index contributed by atoms with van der Waals surface area (Å²) in [5.74, 6) is 1.65. The first-order chi connectivity index (χ1) is 7.79. The molecule has 1 fully saturated rings. The van der Waals surface area contributed by atoms with Crippen molar-refractivity contribution in [2.75, 3.05) is 20.3 Å². The molecule has 1 N–H and O–H groups in total. The zero-order valence-electron chi connectivity index (χ0n) is 9.54. The van der Waals surface area contributed by atoms with E-state index in [1.807, 2.05) is 13.1 Å². The molecule has 1 unspecified atom stereocenters.